The summed E-state index contributed by atoms with van der Waals surface area (Å²) in [6, 6.07) is 7.03. The summed E-state index contributed by atoms with van der Waals surface area (Å²) >= 11 is 0. The Morgan fingerprint density at radius 3 is 2.80 bits per heavy atom. The lowest BCUT2D eigenvalue weighted by Gasteiger charge is -2.19. The third-order valence-electron chi connectivity index (χ3n) is 2.38. The molecule has 0 radical (unpaired) electrons. The molecule has 0 unspecified atom stereocenters. The van der Waals surface area contributed by atoms with Gasteiger partial charge in [0.25, 0.3) is 0 Å². The molecule has 82 valence electrons. The topological polar surface area (TPSA) is 40.5 Å². The quantitative estimate of drug-likeness (QED) is 0.806. The lowest BCUT2D eigenvalue weighted by Crippen LogP contribution is -2.18. The van der Waals surface area contributed by atoms with Gasteiger partial charge in [-0.3, -0.25) is 0 Å². The predicted molar refractivity (Wildman–Crippen MR) is 61.6 cm³/mol. The van der Waals surface area contributed by atoms with Crippen LogP contribution in [0.5, 0.6) is 0 Å². The van der Waals surface area contributed by atoms with E-state index in [0.29, 0.717) is 5.56 Å². The molecule has 0 aliphatic heterocycles. The van der Waals surface area contributed by atoms with Crippen LogP contribution in [-0.4, -0.2) is 24.7 Å². The Bertz CT molecular complexity index is 336. The van der Waals surface area contributed by atoms with Crippen LogP contribution < -0.4 is 4.90 Å². The molecule has 0 saturated carbocycles. The van der Waals surface area contributed by atoms with E-state index in [2.05, 4.69) is 11.8 Å². The van der Waals surface area contributed by atoms with E-state index in [1.54, 1.807) is 18.2 Å². The molecule has 1 N–H and O–H groups in total. The van der Waals surface area contributed by atoms with E-state index in [9.17, 15) is 4.79 Å². The van der Waals surface area contributed by atoms with Crippen LogP contribution in [0, 0.1) is 0 Å². The highest BCUT2D eigenvalue weighted by molar-refractivity contribution is 5.88. The van der Waals surface area contributed by atoms with E-state index in [4.69, 9.17) is 5.11 Å². The number of aromatic carboxylic acids is 1. The highest BCUT2D eigenvalue weighted by atomic mass is 16.4. The first kappa shape index (κ1) is 11.6. The largest absolute Gasteiger partial charge is 0.478 e. The normalized spacial score (nSPS) is 10.0. The van der Waals surface area contributed by atoms with E-state index in [-0.39, 0.29) is 0 Å². The van der Waals surface area contributed by atoms with Crippen molar-refractivity contribution in [1.82, 2.24) is 0 Å². The van der Waals surface area contributed by atoms with Gasteiger partial charge in [-0.1, -0.05) is 19.4 Å². The fraction of sp³-hybridized carbons (Fsp3) is 0.417. The average molecular weight is 207 g/mol. The highest BCUT2D eigenvalue weighted by Gasteiger charge is 2.05. The van der Waals surface area contributed by atoms with E-state index in [1.807, 2.05) is 13.1 Å². The summed E-state index contributed by atoms with van der Waals surface area (Å²) in [5, 5.41) is 8.85. The molecule has 1 aromatic carbocycles. The molecule has 0 amide bonds. The Morgan fingerprint density at radius 2 is 2.20 bits per heavy atom. The van der Waals surface area contributed by atoms with Crippen LogP contribution in [0.15, 0.2) is 24.3 Å². The van der Waals surface area contributed by atoms with E-state index in [1.165, 1.54) is 0 Å². The van der Waals surface area contributed by atoms with Crippen molar-refractivity contribution in [1.29, 1.82) is 0 Å². The second-order valence-corrected chi connectivity index (χ2v) is 3.63. The van der Waals surface area contributed by atoms with Crippen LogP contribution in [0.4, 0.5) is 5.69 Å². The Hall–Kier alpha value is -1.51. The zero-order chi connectivity index (χ0) is 11.3. The molecule has 15 heavy (non-hydrogen) atoms. The fourth-order valence-corrected chi connectivity index (χ4v) is 1.40. The standard InChI is InChI=1S/C12H17NO2/c1-3-4-8-13(2)11-7-5-6-10(9-11)12(14)15/h5-7,9H,3-4,8H2,1-2H3,(H,14,15). The van der Waals surface area contributed by atoms with Crippen LogP contribution in [0.1, 0.15) is 30.1 Å². The second kappa shape index (κ2) is 5.39. The molecule has 1 rings (SSSR count). The molecular weight excluding hydrogens is 190 g/mol. The first-order valence-corrected chi connectivity index (χ1v) is 5.19. The molecule has 0 spiro atoms. The van der Waals surface area contributed by atoms with Crippen molar-refractivity contribution in [3.8, 4) is 0 Å². The summed E-state index contributed by atoms with van der Waals surface area (Å²) in [5.74, 6) is -0.874. The van der Waals surface area contributed by atoms with E-state index in [0.717, 1.165) is 25.1 Å². The van der Waals surface area contributed by atoms with Crippen molar-refractivity contribution >= 4 is 11.7 Å². The fourth-order valence-electron chi connectivity index (χ4n) is 1.40. The molecular formula is C12H17NO2. The van der Waals surface area contributed by atoms with Crippen molar-refractivity contribution in [2.24, 2.45) is 0 Å². The van der Waals surface area contributed by atoms with Gasteiger partial charge in [0, 0.05) is 19.3 Å². The third kappa shape index (κ3) is 3.27. The van der Waals surface area contributed by atoms with Gasteiger partial charge < -0.3 is 10.0 Å². The number of rotatable bonds is 5. The van der Waals surface area contributed by atoms with Gasteiger partial charge in [-0.05, 0) is 24.6 Å². The van der Waals surface area contributed by atoms with Crippen molar-refractivity contribution in [3.05, 3.63) is 29.8 Å². The number of unbranched alkanes of at least 4 members (excludes halogenated alkanes) is 1. The zero-order valence-electron chi connectivity index (χ0n) is 9.23. The van der Waals surface area contributed by atoms with Gasteiger partial charge in [-0.15, -0.1) is 0 Å². The summed E-state index contributed by atoms with van der Waals surface area (Å²) in [4.78, 5) is 12.9. The van der Waals surface area contributed by atoms with Gasteiger partial charge in [0.05, 0.1) is 5.56 Å². The van der Waals surface area contributed by atoms with Gasteiger partial charge in [-0.25, -0.2) is 4.79 Å². The summed E-state index contributed by atoms with van der Waals surface area (Å²) in [6.07, 6.45) is 2.26. The lowest BCUT2D eigenvalue weighted by molar-refractivity contribution is 0.0697. The van der Waals surface area contributed by atoms with E-state index < -0.39 is 5.97 Å². The Balaban J connectivity index is 2.76. The SMILES string of the molecule is CCCCN(C)c1cccc(C(=O)O)c1. The van der Waals surface area contributed by atoms with Crippen LogP contribution in [0.2, 0.25) is 0 Å². The maximum atomic E-state index is 10.8. The van der Waals surface area contributed by atoms with Crippen molar-refractivity contribution in [2.45, 2.75) is 19.8 Å². The first-order chi connectivity index (χ1) is 7.15. The predicted octanol–water partition coefficient (Wildman–Crippen LogP) is 2.62. The molecule has 0 saturated heterocycles. The second-order valence-electron chi connectivity index (χ2n) is 3.63. The number of carboxylic acids is 1. The molecule has 0 aromatic heterocycles. The van der Waals surface area contributed by atoms with Crippen molar-refractivity contribution in [3.63, 3.8) is 0 Å². The van der Waals surface area contributed by atoms with Crippen molar-refractivity contribution < 1.29 is 9.90 Å². The summed E-state index contributed by atoms with van der Waals surface area (Å²) in [5.41, 5.74) is 1.30. The van der Waals surface area contributed by atoms with Gasteiger partial charge in [0.15, 0.2) is 0 Å². The number of carboxylic acid groups (broad SMARTS) is 1. The Morgan fingerprint density at radius 1 is 1.47 bits per heavy atom. The molecule has 1 aromatic rings. The lowest BCUT2D eigenvalue weighted by atomic mass is 10.2. The number of nitrogens with zero attached hydrogens (tertiary/aromatic N) is 1. The third-order valence-corrected chi connectivity index (χ3v) is 2.38. The molecule has 0 fully saturated rings. The van der Waals surface area contributed by atoms with Crippen LogP contribution in [0.3, 0.4) is 0 Å². The zero-order valence-corrected chi connectivity index (χ0v) is 9.23. The van der Waals surface area contributed by atoms with Crippen LogP contribution >= 0.6 is 0 Å². The number of carbonyl (C=O) groups is 1. The molecule has 3 heteroatoms. The van der Waals surface area contributed by atoms with Gasteiger partial charge >= 0.3 is 5.97 Å². The highest BCUT2D eigenvalue weighted by Crippen LogP contribution is 2.15. The summed E-state index contributed by atoms with van der Waals surface area (Å²) < 4.78 is 0. The van der Waals surface area contributed by atoms with Crippen molar-refractivity contribution in [2.75, 3.05) is 18.5 Å². The number of hydrogen-bond donors (Lipinski definition) is 1. The Labute approximate surface area is 90.3 Å². The summed E-state index contributed by atoms with van der Waals surface area (Å²) in [6.45, 7) is 3.10. The molecule has 0 bridgehead atoms. The number of benzene rings is 1. The minimum atomic E-state index is -0.874. The molecule has 0 aliphatic carbocycles. The number of anilines is 1. The monoisotopic (exact) mass is 207 g/mol. The maximum absolute atomic E-state index is 10.8. The minimum absolute atomic E-state index is 0.343. The summed E-state index contributed by atoms with van der Waals surface area (Å²) in [7, 11) is 1.98. The van der Waals surface area contributed by atoms with Crippen LogP contribution in [0.25, 0.3) is 0 Å². The first-order valence-electron chi connectivity index (χ1n) is 5.19. The smallest absolute Gasteiger partial charge is 0.335 e. The van der Waals surface area contributed by atoms with E-state index >= 15 is 0 Å². The minimum Gasteiger partial charge on any atom is -0.478 e. The van der Waals surface area contributed by atoms with Crippen LogP contribution in [-0.2, 0) is 0 Å². The molecule has 0 aliphatic rings. The van der Waals surface area contributed by atoms with Gasteiger partial charge in [0.1, 0.15) is 0 Å². The van der Waals surface area contributed by atoms with Gasteiger partial charge in [-0.2, -0.15) is 0 Å². The average Bonchev–Trinajstić information content (AvgIpc) is 2.26. The number of hydrogen-bond acceptors (Lipinski definition) is 2. The van der Waals surface area contributed by atoms with Gasteiger partial charge in [0.2, 0.25) is 0 Å². The molecule has 0 atom stereocenters. The maximum Gasteiger partial charge on any atom is 0.335 e. The molecule has 3 nitrogen and oxygen atoms in total. The Kier molecular flexibility index (Phi) is 4.16. The molecule has 0 heterocycles.